The van der Waals surface area contributed by atoms with Crippen molar-refractivity contribution in [3.63, 3.8) is 0 Å². The minimum absolute atomic E-state index is 0.133. The molecule has 0 spiro atoms. The van der Waals surface area contributed by atoms with E-state index in [1.165, 1.54) is 11.8 Å². The van der Waals surface area contributed by atoms with E-state index in [0.29, 0.717) is 15.9 Å². The number of hydrogen-bond acceptors (Lipinski definition) is 6. The molecule has 0 fully saturated rings. The molecule has 9 heteroatoms. The highest BCUT2D eigenvalue weighted by Gasteiger charge is 2.37. The summed E-state index contributed by atoms with van der Waals surface area (Å²) in [6.45, 7) is 3.90. The summed E-state index contributed by atoms with van der Waals surface area (Å²) in [6, 6.07) is 12.9. The molecule has 2 N–H and O–H groups in total. The molecule has 0 saturated heterocycles. The Morgan fingerprint density at radius 3 is 2.73 bits per heavy atom. The summed E-state index contributed by atoms with van der Waals surface area (Å²) in [5.41, 5.74) is 5.93. The monoisotopic (exact) mass is 443 g/mol. The molecule has 1 aromatic heterocycles. The first-order chi connectivity index (χ1) is 14.5. The molecule has 0 saturated carbocycles. The Morgan fingerprint density at radius 1 is 1.27 bits per heavy atom. The SMILES string of the molecule is CCc1nnc2n1N[C@H](c1ccc(OC)cc1)[C@H](C(=O)Nc1cccc(Cl)c1C)S2. The molecule has 2 aromatic carbocycles. The maximum Gasteiger partial charge on any atom is 0.240 e. The predicted molar refractivity (Wildman–Crippen MR) is 119 cm³/mol. The molecular weight excluding hydrogens is 422 g/mol. The molecule has 3 aromatic rings. The lowest BCUT2D eigenvalue weighted by Crippen LogP contribution is -2.41. The largest absolute Gasteiger partial charge is 0.497 e. The minimum atomic E-state index is -0.460. The smallest absolute Gasteiger partial charge is 0.240 e. The second-order valence-electron chi connectivity index (χ2n) is 6.91. The maximum atomic E-state index is 13.3. The standard InChI is InChI=1S/C21H22ClN5O2S/c1-4-17-24-25-21-27(17)26-18(13-8-10-14(29-3)11-9-13)19(30-21)20(28)23-16-7-5-6-15(22)12(16)2/h5-11,18-19,26H,4H2,1-3H3,(H,23,28)/t18-,19-/m1/s1. The number of halogens is 1. The Balaban J connectivity index is 1.68. The number of carbonyl (C=O) groups excluding carboxylic acids is 1. The number of nitrogens with one attached hydrogen (secondary N) is 2. The molecule has 2 atom stereocenters. The fourth-order valence-corrected chi connectivity index (χ4v) is 4.61. The molecule has 1 aliphatic heterocycles. The van der Waals surface area contributed by atoms with Crippen molar-refractivity contribution >= 4 is 35.0 Å². The maximum absolute atomic E-state index is 13.3. The van der Waals surface area contributed by atoms with Gasteiger partial charge in [0.05, 0.1) is 13.2 Å². The Morgan fingerprint density at radius 2 is 2.03 bits per heavy atom. The van der Waals surface area contributed by atoms with E-state index in [9.17, 15) is 4.79 Å². The van der Waals surface area contributed by atoms with E-state index in [0.717, 1.165) is 29.1 Å². The highest BCUT2D eigenvalue weighted by Crippen LogP contribution is 2.38. The number of ether oxygens (including phenoxy) is 1. The molecular formula is C21H22ClN5O2S. The summed E-state index contributed by atoms with van der Waals surface area (Å²) in [7, 11) is 1.63. The van der Waals surface area contributed by atoms with Gasteiger partial charge in [-0.15, -0.1) is 10.2 Å². The van der Waals surface area contributed by atoms with Crippen LogP contribution in [0.4, 0.5) is 5.69 Å². The molecule has 30 heavy (non-hydrogen) atoms. The van der Waals surface area contributed by atoms with Gasteiger partial charge in [-0.05, 0) is 42.3 Å². The van der Waals surface area contributed by atoms with Gasteiger partial charge in [-0.2, -0.15) is 0 Å². The fraction of sp³-hybridized carbons (Fsp3) is 0.286. The van der Waals surface area contributed by atoms with E-state index in [2.05, 4.69) is 20.9 Å². The van der Waals surface area contributed by atoms with Gasteiger partial charge < -0.3 is 15.5 Å². The molecule has 0 unspecified atom stereocenters. The number of anilines is 1. The van der Waals surface area contributed by atoms with Crippen LogP contribution in [0, 0.1) is 6.92 Å². The highest BCUT2D eigenvalue weighted by atomic mass is 35.5. The average Bonchev–Trinajstić information content (AvgIpc) is 3.18. The lowest BCUT2D eigenvalue weighted by molar-refractivity contribution is -0.116. The van der Waals surface area contributed by atoms with Crippen molar-refractivity contribution in [3.05, 3.63) is 64.4 Å². The first-order valence-corrected chi connectivity index (χ1v) is 10.8. The molecule has 4 rings (SSSR count). The lowest BCUT2D eigenvalue weighted by atomic mass is 10.0. The van der Waals surface area contributed by atoms with E-state index < -0.39 is 5.25 Å². The van der Waals surface area contributed by atoms with Crippen molar-refractivity contribution in [2.45, 2.75) is 36.7 Å². The van der Waals surface area contributed by atoms with Crippen LogP contribution < -0.4 is 15.5 Å². The molecule has 0 aliphatic carbocycles. The zero-order chi connectivity index (χ0) is 21.3. The Labute approximate surface area is 184 Å². The number of aromatic nitrogens is 3. The first-order valence-electron chi connectivity index (χ1n) is 9.59. The molecule has 1 aliphatic rings. The van der Waals surface area contributed by atoms with Gasteiger partial charge in [0.15, 0.2) is 5.82 Å². The zero-order valence-electron chi connectivity index (χ0n) is 16.8. The van der Waals surface area contributed by atoms with Gasteiger partial charge in [-0.3, -0.25) is 4.79 Å². The molecule has 7 nitrogen and oxygen atoms in total. The molecule has 0 bridgehead atoms. The summed E-state index contributed by atoms with van der Waals surface area (Å²) in [5.74, 6) is 1.45. The number of amides is 1. The van der Waals surface area contributed by atoms with Gasteiger partial charge in [-0.1, -0.05) is 48.5 Å². The lowest BCUT2D eigenvalue weighted by Gasteiger charge is -2.33. The van der Waals surface area contributed by atoms with Gasteiger partial charge in [0.1, 0.15) is 11.0 Å². The van der Waals surface area contributed by atoms with E-state index in [-0.39, 0.29) is 11.9 Å². The van der Waals surface area contributed by atoms with E-state index in [1.807, 2.05) is 54.9 Å². The third-order valence-corrected chi connectivity index (χ3v) is 6.70. The van der Waals surface area contributed by atoms with E-state index in [1.54, 1.807) is 13.2 Å². The second kappa shape index (κ2) is 8.57. The predicted octanol–water partition coefficient (Wildman–Crippen LogP) is 4.21. The van der Waals surface area contributed by atoms with E-state index in [4.69, 9.17) is 16.3 Å². The van der Waals surface area contributed by atoms with Crippen LogP contribution in [0.2, 0.25) is 5.02 Å². The normalized spacial score (nSPS) is 17.7. The first kappa shape index (κ1) is 20.6. The van der Waals surface area contributed by atoms with Gasteiger partial charge in [0.25, 0.3) is 0 Å². The third-order valence-electron chi connectivity index (χ3n) is 5.08. The fourth-order valence-electron chi connectivity index (χ4n) is 3.34. The summed E-state index contributed by atoms with van der Waals surface area (Å²) in [5, 5.41) is 12.3. The summed E-state index contributed by atoms with van der Waals surface area (Å²) >= 11 is 7.61. The van der Waals surface area contributed by atoms with Crippen molar-refractivity contribution in [1.29, 1.82) is 0 Å². The second-order valence-corrected chi connectivity index (χ2v) is 8.42. The summed E-state index contributed by atoms with van der Waals surface area (Å²) < 4.78 is 7.14. The third kappa shape index (κ3) is 3.85. The number of hydrogen-bond donors (Lipinski definition) is 2. The Hall–Kier alpha value is -2.71. The number of aryl methyl sites for hydroxylation is 1. The van der Waals surface area contributed by atoms with Gasteiger partial charge >= 0.3 is 0 Å². The summed E-state index contributed by atoms with van der Waals surface area (Å²) in [6.07, 6.45) is 0.731. The van der Waals surface area contributed by atoms with Crippen molar-refractivity contribution < 1.29 is 9.53 Å². The van der Waals surface area contributed by atoms with Gasteiger partial charge in [0.2, 0.25) is 11.1 Å². The van der Waals surface area contributed by atoms with Crippen molar-refractivity contribution in [1.82, 2.24) is 14.9 Å². The van der Waals surface area contributed by atoms with Gasteiger partial charge in [0, 0.05) is 17.1 Å². The van der Waals surface area contributed by atoms with Crippen molar-refractivity contribution in [2.24, 2.45) is 0 Å². The van der Waals surface area contributed by atoms with Crippen LogP contribution in [0.5, 0.6) is 5.75 Å². The number of carbonyl (C=O) groups is 1. The van der Waals surface area contributed by atoms with Gasteiger partial charge in [-0.25, -0.2) is 4.68 Å². The van der Waals surface area contributed by atoms with Crippen LogP contribution in [0.3, 0.4) is 0 Å². The van der Waals surface area contributed by atoms with Crippen LogP contribution in [0.15, 0.2) is 47.6 Å². The quantitative estimate of drug-likeness (QED) is 0.614. The zero-order valence-corrected chi connectivity index (χ0v) is 18.4. The van der Waals surface area contributed by atoms with E-state index >= 15 is 0 Å². The number of methoxy groups -OCH3 is 1. The number of rotatable bonds is 5. The van der Waals surface area contributed by atoms with Crippen LogP contribution in [0.1, 0.15) is 29.9 Å². The molecule has 1 amide bonds. The van der Waals surface area contributed by atoms with Crippen LogP contribution in [-0.4, -0.2) is 33.1 Å². The molecule has 2 heterocycles. The topological polar surface area (TPSA) is 81.1 Å². The summed E-state index contributed by atoms with van der Waals surface area (Å²) in [4.78, 5) is 13.3. The van der Waals surface area contributed by atoms with Crippen molar-refractivity contribution in [2.75, 3.05) is 17.9 Å². The Bertz CT molecular complexity index is 1070. The Kier molecular flexibility index (Phi) is 5.87. The average molecular weight is 444 g/mol. The van der Waals surface area contributed by atoms with Crippen LogP contribution >= 0.6 is 23.4 Å². The van der Waals surface area contributed by atoms with Crippen molar-refractivity contribution in [3.8, 4) is 5.75 Å². The molecule has 156 valence electrons. The number of benzene rings is 2. The number of nitrogens with zero attached hydrogens (tertiary/aromatic N) is 3. The molecule has 0 radical (unpaired) electrons. The number of fused-ring (bicyclic) bond motifs is 1. The van der Waals surface area contributed by atoms with Crippen LogP contribution in [0.25, 0.3) is 0 Å². The van der Waals surface area contributed by atoms with Crippen LogP contribution in [-0.2, 0) is 11.2 Å². The number of thioether (sulfide) groups is 1. The highest BCUT2D eigenvalue weighted by molar-refractivity contribution is 8.00. The minimum Gasteiger partial charge on any atom is -0.497 e.